The third-order valence-electron chi connectivity index (χ3n) is 3.52. The fourth-order valence-corrected chi connectivity index (χ4v) is 2.67. The van der Waals surface area contributed by atoms with Gasteiger partial charge in [-0.1, -0.05) is 40.2 Å². The van der Waals surface area contributed by atoms with Crippen LogP contribution in [0.2, 0.25) is 0 Å². The van der Waals surface area contributed by atoms with Crippen molar-refractivity contribution in [3.63, 3.8) is 0 Å². The molecule has 4 heteroatoms. The minimum absolute atomic E-state index is 0.415. The highest BCUT2D eigenvalue weighted by atomic mass is 79.9. The van der Waals surface area contributed by atoms with Crippen molar-refractivity contribution in [2.45, 2.75) is 0 Å². The number of ether oxygens (including phenoxy) is 2. The van der Waals surface area contributed by atoms with E-state index in [2.05, 4.69) is 15.9 Å². The molecule has 0 heterocycles. The van der Waals surface area contributed by atoms with Crippen molar-refractivity contribution in [2.24, 2.45) is 0 Å². The van der Waals surface area contributed by atoms with Crippen molar-refractivity contribution >= 4 is 38.7 Å². The van der Waals surface area contributed by atoms with Gasteiger partial charge in [-0.05, 0) is 58.8 Å². The molecule has 0 saturated heterocycles. The number of hydrogen-bond acceptors (Lipinski definition) is 3. The molecule has 3 aromatic carbocycles. The van der Waals surface area contributed by atoms with Crippen LogP contribution in [0.5, 0.6) is 11.5 Å². The van der Waals surface area contributed by atoms with Crippen LogP contribution in [-0.2, 0) is 4.79 Å². The lowest BCUT2D eigenvalue weighted by molar-refractivity contribution is -0.128. The fourth-order valence-electron chi connectivity index (χ4n) is 2.29. The second kappa shape index (κ2) is 7.32. The highest BCUT2D eigenvalue weighted by Gasteiger charge is 2.03. The maximum atomic E-state index is 12.0. The average Bonchev–Trinajstić information content (AvgIpc) is 2.60. The van der Waals surface area contributed by atoms with Gasteiger partial charge in [0, 0.05) is 10.5 Å². The zero-order valence-electron chi connectivity index (χ0n) is 13.0. The molecular formula is C20H15BrO3. The molecule has 24 heavy (non-hydrogen) atoms. The number of carbonyl (C=O) groups excluding carboxylic acids is 1. The quantitative estimate of drug-likeness (QED) is 0.352. The van der Waals surface area contributed by atoms with Gasteiger partial charge in [0.05, 0.1) is 7.11 Å². The van der Waals surface area contributed by atoms with Gasteiger partial charge in [0.2, 0.25) is 0 Å². The minimum atomic E-state index is -0.415. The summed E-state index contributed by atoms with van der Waals surface area (Å²) in [5.41, 5.74) is 0.899. The number of esters is 1. The van der Waals surface area contributed by atoms with E-state index in [4.69, 9.17) is 9.47 Å². The molecule has 0 aliphatic carbocycles. The predicted octanol–water partition coefficient (Wildman–Crippen LogP) is 5.23. The molecule has 0 unspecified atom stereocenters. The topological polar surface area (TPSA) is 35.5 Å². The van der Waals surface area contributed by atoms with Gasteiger partial charge in [-0.15, -0.1) is 0 Å². The molecule has 120 valence electrons. The molecule has 0 bridgehead atoms. The number of fused-ring (bicyclic) bond motifs is 1. The predicted molar refractivity (Wildman–Crippen MR) is 99.3 cm³/mol. The molecular weight excluding hydrogens is 368 g/mol. The van der Waals surface area contributed by atoms with Gasteiger partial charge in [-0.2, -0.15) is 0 Å². The normalized spacial score (nSPS) is 10.9. The summed E-state index contributed by atoms with van der Waals surface area (Å²) in [6.07, 6.45) is 3.12. The van der Waals surface area contributed by atoms with Crippen LogP contribution in [-0.4, -0.2) is 13.1 Å². The van der Waals surface area contributed by atoms with E-state index >= 15 is 0 Å². The van der Waals surface area contributed by atoms with E-state index in [1.807, 2.05) is 54.6 Å². The number of rotatable bonds is 4. The van der Waals surface area contributed by atoms with Crippen LogP contribution in [0.4, 0.5) is 0 Å². The second-order valence-corrected chi connectivity index (χ2v) is 6.10. The van der Waals surface area contributed by atoms with Gasteiger partial charge < -0.3 is 9.47 Å². The lowest BCUT2D eigenvalue weighted by Gasteiger charge is -2.04. The van der Waals surface area contributed by atoms with E-state index in [1.165, 1.54) is 6.08 Å². The summed E-state index contributed by atoms with van der Waals surface area (Å²) in [6, 6.07) is 18.9. The van der Waals surface area contributed by atoms with Crippen LogP contribution >= 0.6 is 15.9 Å². The molecule has 0 aromatic heterocycles. The first-order valence-electron chi connectivity index (χ1n) is 7.37. The van der Waals surface area contributed by atoms with Crippen LogP contribution in [0.3, 0.4) is 0 Å². The molecule has 0 saturated carbocycles. The molecule has 0 N–H and O–H groups in total. The summed E-state index contributed by atoms with van der Waals surface area (Å²) in [5.74, 6) is 0.883. The van der Waals surface area contributed by atoms with Crippen molar-refractivity contribution in [1.82, 2.24) is 0 Å². The van der Waals surface area contributed by atoms with Crippen molar-refractivity contribution in [2.75, 3.05) is 7.11 Å². The summed E-state index contributed by atoms with van der Waals surface area (Å²) in [5, 5.41) is 2.10. The van der Waals surface area contributed by atoms with Crippen molar-refractivity contribution in [3.8, 4) is 11.5 Å². The molecule has 0 atom stereocenters. The fraction of sp³-hybridized carbons (Fsp3) is 0.0500. The van der Waals surface area contributed by atoms with E-state index in [9.17, 15) is 4.79 Å². The van der Waals surface area contributed by atoms with Gasteiger partial charge in [0.1, 0.15) is 11.5 Å². The Hall–Kier alpha value is -2.59. The maximum Gasteiger partial charge on any atom is 0.336 e. The molecule has 3 aromatic rings. The van der Waals surface area contributed by atoms with E-state index in [0.29, 0.717) is 5.75 Å². The third-order valence-corrected chi connectivity index (χ3v) is 4.01. The molecule has 0 radical (unpaired) electrons. The highest BCUT2D eigenvalue weighted by molar-refractivity contribution is 9.10. The van der Waals surface area contributed by atoms with Crippen LogP contribution in [0.1, 0.15) is 5.56 Å². The zero-order chi connectivity index (χ0) is 16.9. The van der Waals surface area contributed by atoms with Gasteiger partial charge in [-0.3, -0.25) is 0 Å². The average molecular weight is 383 g/mol. The number of carbonyl (C=O) groups is 1. The third kappa shape index (κ3) is 4.03. The number of hydrogen-bond donors (Lipinski definition) is 0. The summed E-state index contributed by atoms with van der Waals surface area (Å²) in [4.78, 5) is 12.0. The lowest BCUT2D eigenvalue weighted by Crippen LogP contribution is -2.03. The monoisotopic (exact) mass is 382 g/mol. The molecule has 3 nitrogen and oxygen atoms in total. The molecule has 0 aliphatic rings. The highest BCUT2D eigenvalue weighted by Crippen LogP contribution is 2.24. The Bertz CT molecular complexity index is 898. The Kier molecular flexibility index (Phi) is 4.96. The van der Waals surface area contributed by atoms with E-state index in [0.717, 1.165) is 26.6 Å². The smallest absolute Gasteiger partial charge is 0.336 e. The van der Waals surface area contributed by atoms with Gasteiger partial charge in [0.25, 0.3) is 0 Å². The Morgan fingerprint density at radius 1 is 0.917 bits per heavy atom. The Balaban J connectivity index is 1.69. The number of halogens is 1. The Labute approximate surface area is 148 Å². The molecule has 0 fully saturated rings. The van der Waals surface area contributed by atoms with Crippen LogP contribution in [0.25, 0.3) is 16.8 Å². The van der Waals surface area contributed by atoms with Crippen LogP contribution < -0.4 is 9.47 Å². The van der Waals surface area contributed by atoms with Crippen molar-refractivity contribution in [1.29, 1.82) is 0 Å². The first kappa shape index (κ1) is 16.3. The number of methoxy groups -OCH3 is 1. The molecule has 3 rings (SSSR count). The first-order valence-corrected chi connectivity index (χ1v) is 8.16. The van der Waals surface area contributed by atoms with Crippen molar-refractivity contribution in [3.05, 3.63) is 76.8 Å². The maximum absolute atomic E-state index is 12.0. The lowest BCUT2D eigenvalue weighted by atomic mass is 10.1. The van der Waals surface area contributed by atoms with Gasteiger partial charge >= 0.3 is 5.97 Å². The minimum Gasteiger partial charge on any atom is -0.497 e. The molecule has 0 amide bonds. The summed E-state index contributed by atoms with van der Waals surface area (Å²) in [6.45, 7) is 0. The largest absolute Gasteiger partial charge is 0.497 e. The zero-order valence-corrected chi connectivity index (χ0v) is 14.6. The SMILES string of the molecule is COc1ccc(/C=C/C(=O)Oc2ccc3cc(Br)ccc3c2)cc1. The van der Waals surface area contributed by atoms with Crippen LogP contribution in [0.15, 0.2) is 71.2 Å². The summed E-state index contributed by atoms with van der Waals surface area (Å²) >= 11 is 3.44. The summed E-state index contributed by atoms with van der Waals surface area (Å²) in [7, 11) is 1.62. The Morgan fingerprint density at radius 3 is 2.33 bits per heavy atom. The Morgan fingerprint density at radius 2 is 1.58 bits per heavy atom. The van der Waals surface area contributed by atoms with E-state index in [-0.39, 0.29) is 0 Å². The van der Waals surface area contributed by atoms with Gasteiger partial charge in [0.15, 0.2) is 0 Å². The van der Waals surface area contributed by atoms with Crippen molar-refractivity contribution < 1.29 is 14.3 Å². The number of benzene rings is 3. The van der Waals surface area contributed by atoms with Gasteiger partial charge in [-0.25, -0.2) is 4.79 Å². The van der Waals surface area contributed by atoms with Crippen LogP contribution in [0, 0.1) is 0 Å². The standard InChI is InChI=1S/C20H15BrO3/c1-23-18-8-2-14(3-9-18)4-11-20(22)24-19-10-6-15-12-17(21)7-5-16(15)13-19/h2-13H,1H3/b11-4+. The van der Waals surface area contributed by atoms with E-state index in [1.54, 1.807) is 19.3 Å². The second-order valence-electron chi connectivity index (χ2n) is 5.18. The van der Waals surface area contributed by atoms with E-state index < -0.39 is 5.97 Å². The first-order chi connectivity index (χ1) is 11.6. The molecule has 0 spiro atoms. The molecule has 0 aliphatic heterocycles. The summed E-state index contributed by atoms with van der Waals surface area (Å²) < 4.78 is 11.5.